The van der Waals surface area contributed by atoms with Gasteiger partial charge in [0, 0.05) is 32.6 Å². The first-order chi connectivity index (χ1) is 7.28. The molecule has 0 amide bonds. The van der Waals surface area contributed by atoms with Gasteiger partial charge in [-0.3, -0.25) is 4.90 Å². The lowest BCUT2D eigenvalue weighted by atomic mass is 10.0. The summed E-state index contributed by atoms with van der Waals surface area (Å²) in [6, 6.07) is 2.30. The quantitative estimate of drug-likeness (QED) is 0.725. The van der Waals surface area contributed by atoms with Crippen LogP contribution in [-0.2, 0) is 4.74 Å². The standard InChI is InChI=1S/C11H19N3O/c12-4-3-11(1-2-11)9-14-5-6-15-10(7-13)8-14/h10H,1-3,5-9,13H2. The van der Waals surface area contributed by atoms with Crippen molar-refractivity contribution in [1.82, 2.24) is 4.90 Å². The first-order valence-corrected chi connectivity index (χ1v) is 5.69. The van der Waals surface area contributed by atoms with Crippen LogP contribution in [0.1, 0.15) is 19.3 Å². The summed E-state index contributed by atoms with van der Waals surface area (Å²) in [6.45, 7) is 4.36. The van der Waals surface area contributed by atoms with Crippen LogP contribution in [0.15, 0.2) is 0 Å². The highest BCUT2D eigenvalue weighted by atomic mass is 16.5. The number of hydrogen-bond donors (Lipinski definition) is 1. The average molecular weight is 209 g/mol. The second-order valence-electron chi connectivity index (χ2n) is 4.80. The Balaban J connectivity index is 1.82. The molecule has 0 aromatic heterocycles. The zero-order valence-electron chi connectivity index (χ0n) is 9.11. The normalized spacial score (nSPS) is 29.7. The molecular weight excluding hydrogens is 190 g/mol. The monoisotopic (exact) mass is 209 g/mol. The van der Waals surface area contributed by atoms with E-state index in [1.807, 2.05) is 0 Å². The lowest BCUT2D eigenvalue weighted by Gasteiger charge is -2.34. The minimum absolute atomic E-state index is 0.191. The molecule has 15 heavy (non-hydrogen) atoms. The van der Waals surface area contributed by atoms with Gasteiger partial charge in [-0.05, 0) is 18.3 Å². The van der Waals surface area contributed by atoms with Crippen LogP contribution >= 0.6 is 0 Å². The third kappa shape index (κ3) is 2.69. The first kappa shape index (κ1) is 10.9. The van der Waals surface area contributed by atoms with Crippen LogP contribution in [0, 0.1) is 16.7 Å². The molecule has 0 radical (unpaired) electrons. The van der Waals surface area contributed by atoms with Crippen molar-refractivity contribution < 1.29 is 4.74 Å². The fourth-order valence-corrected chi connectivity index (χ4v) is 2.28. The molecular formula is C11H19N3O. The Morgan fingerprint density at radius 3 is 2.93 bits per heavy atom. The summed E-state index contributed by atoms with van der Waals surface area (Å²) in [4.78, 5) is 2.41. The second kappa shape index (κ2) is 4.48. The lowest BCUT2D eigenvalue weighted by Crippen LogP contribution is -2.47. The number of nitriles is 1. The molecule has 4 heteroatoms. The van der Waals surface area contributed by atoms with Crippen LogP contribution in [0.3, 0.4) is 0 Å². The highest BCUT2D eigenvalue weighted by Crippen LogP contribution is 2.49. The minimum atomic E-state index is 0.191. The van der Waals surface area contributed by atoms with Crippen LogP contribution in [0.25, 0.3) is 0 Å². The first-order valence-electron chi connectivity index (χ1n) is 5.69. The molecule has 2 fully saturated rings. The zero-order chi connectivity index (χ0) is 10.7. The maximum absolute atomic E-state index is 8.76. The van der Waals surface area contributed by atoms with Crippen LogP contribution in [-0.4, -0.2) is 43.8 Å². The van der Waals surface area contributed by atoms with Gasteiger partial charge in [0.2, 0.25) is 0 Å². The summed E-state index contributed by atoms with van der Waals surface area (Å²) in [6.07, 6.45) is 3.32. The van der Waals surface area contributed by atoms with Crippen molar-refractivity contribution >= 4 is 0 Å². The maximum Gasteiger partial charge on any atom is 0.0824 e. The molecule has 0 aromatic rings. The Labute approximate surface area is 91.0 Å². The molecule has 1 saturated carbocycles. The summed E-state index contributed by atoms with van der Waals surface area (Å²) in [5.74, 6) is 0. The van der Waals surface area contributed by atoms with E-state index in [0.29, 0.717) is 18.4 Å². The molecule has 0 aromatic carbocycles. The van der Waals surface area contributed by atoms with E-state index in [4.69, 9.17) is 15.7 Å². The largest absolute Gasteiger partial charge is 0.374 e. The number of rotatable bonds is 4. The molecule has 1 aliphatic heterocycles. The highest BCUT2D eigenvalue weighted by Gasteiger charge is 2.44. The smallest absolute Gasteiger partial charge is 0.0824 e. The molecule has 0 spiro atoms. The van der Waals surface area contributed by atoms with Crippen LogP contribution in [0.4, 0.5) is 0 Å². The molecule has 0 bridgehead atoms. The number of ether oxygens (including phenoxy) is 1. The predicted molar refractivity (Wildman–Crippen MR) is 57.1 cm³/mol. The van der Waals surface area contributed by atoms with Gasteiger partial charge in [-0.1, -0.05) is 0 Å². The Hall–Kier alpha value is -0.630. The van der Waals surface area contributed by atoms with Gasteiger partial charge >= 0.3 is 0 Å². The van der Waals surface area contributed by atoms with Gasteiger partial charge in [0.15, 0.2) is 0 Å². The Bertz CT molecular complexity index is 257. The molecule has 4 nitrogen and oxygen atoms in total. The van der Waals surface area contributed by atoms with E-state index in [1.54, 1.807) is 0 Å². The van der Waals surface area contributed by atoms with Gasteiger partial charge < -0.3 is 10.5 Å². The molecule has 2 N–H and O–H groups in total. The van der Waals surface area contributed by atoms with Crippen LogP contribution < -0.4 is 5.73 Å². The van der Waals surface area contributed by atoms with Crippen molar-refractivity contribution in [3.8, 4) is 6.07 Å². The third-order valence-corrected chi connectivity index (χ3v) is 3.46. The van der Waals surface area contributed by atoms with Gasteiger partial charge in [-0.15, -0.1) is 0 Å². The van der Waals surface area contributed by atoms with Gasteiger partial charge in [-0.2, -0.15) is 5.26 Å². The molecule has 1 aliphatic carbocycles. The molecule has 1 unspecified atom stereocenters. The van der Waals surface area contributed by atoms with Crippen molar-refractivity contribution in [2.75, 3.05) is 32.8 Å². The van der Waals surface area contributed by atoms with Crippen LogP contribution in [0.5, 0.6) is 0 Å². The van der Waals surface area contributed by atoms with E-state index < -0.39 is 0 Å². The highest BCUT2D eigenvalue weighted by molar-refractivity contribution is 5.01. The zero-order valence-corrected chi connectivity index (χ0v) is 9.11. The van der Waals surface area contributed by atoms with Gasteiger partial charge in [0.05, 0.1) is 18.8 Å². The third-order valence-electron chi connectivity index (χ3n) is 3.46. The average Bonchev–Trinajstić information content (AvgIpc) is 2.99. The van der Waals surface area contributed by atoms with Crippen molar-refractivity contribution in [2.24, 2.45) is 11.1 Å². The molecule has 1 saturated heterocycles. The van der Waals surface area contributed by atoms with Crippen molar-refractivity contribution in [3.05, 3.63) is 0 Å². The van der Waals surface area contributed by atoms with Crippen molar-refractivity contribution in [2.45, 2.75) is 25.4 Å². The summed E-state index contributed by atoms with van der Waals surface area (Å²) < 4.78 is 5.52. The molecule has 84 valence electrons. The van der Waals surface area contributed by atoms with E-state index in [-0.39, 0.29) is 6.10 Å². The molecule has 2 rings (SSSR count). The number of nitrogens with two attached hydrogens (primary N) is 1. The van der Waals surface area contributed by atoms with E-state index in [1.165, 1.54) is 12.8 Å². The fourth-order valence-electron chi connectivity index (χ4n) is 2.28. The molecule has 2 aliphatic rings. The number of morpholine rings is 1. The second-order valence-corrected chi connectivity index (χ2v) is 4.80. The summed E-state index contributed by atoms with van der Waals surface area (Å²) in [5.41, 5.74) is 5.91. The number of hydrogen-bond acceptors (Lipinski definition) is 4. The van der Waals surface area contributed by atoms with Crippen molar-refractivity contribution in [3.63, 3.8) is 0 Å². The van der Waals surface area contributed by atoms with Gasteiger partial charge in [0.1, 0.15) is 0 Å². The Morgan fingerprint density at radius 2 is 2.33 bits per heavy atom. The Morgan fingerprint density at radius 1 is 1.53 bits per heavy atom. The van der Waals surface area contributed by atoms with E-state index in [0.717, 1.165) is 26.2 Å². The summed E-state index contributed by atoms with van der Waals surface area (Å²) >= 11 is 0. The SMILES string of the molecule is N#CCC1(CN2CCOC(CN)C2)CC1. The summed E-state index contributed by atoms with van der Waals surface area (Å²) in [5, 5.41) is 8.76. The van der Waals surface area contributed by atoms with E-state index in [9.17, 15) is 0 Å². The number of nitrogens with zero attached hydrogens (tertiary/aromatic N) is 2. The van der Waals surface area contributed by atoms with E-state index in [2.05, 4.69) is 11.0 Å². The predicted octanol–water partition coefficient (Wildman–Crippen LogP) is 0.340. The van der Waals surface area contributed by atoms with Gasteiger partial charge in [0.25, 0.3) is 0 Å². The van der Waals surface area contributed by atoms with Gasteiger partial charge in [-0.25, -0.2) is 0 Å². The maximum atomic E-state index is 8.76. The topological polar surface area (TPSA) is 62.3 Å². The Kier molecular flexibility index (Phi) is 3.25. The molecule has 1 atom stereocenters. The van der Waals surface area contributed by atoms with E-state index >= 15 is 0 Å². The lowest BCUT2D eigenvalue weighted by molar-refractivity contribution is -0.0290. The minimum Gasteiger partial charge on any atom is -0.374 e. The summed E-state index contributed by atoms with van der Waals surface area (Å²) in [7, 11) is 0. The fraction of sp³-hybridized carbons (Fsp3) is 0.909. The van der Waals surface area contributed by atoms with Crippen LogP contribution in [0.2, 0.25) is 0 Å². The van der Waals surface area contributed by atoms with Crippen molar-refractivity contribution in [1.29, 1.82) is 5.26 Å². The molecule has 1 heterocycles.